The van der Waals surface area contributed by atoms with Gasteiger partial charge in [-0.3, -0.25) is 0 Å². The largest absolute Gasteiger partial charge is 0.250 e. The van der Waals surface area contributed by atoms with E-state index in [-0.39, 0.29) is 10.3 Å². The van der Waals surface area contributed by atoms with Crippen LogP contribution in [-0.2, 0) is 16.4 Å². The van der Waals surface area contributed by atoms with Crippen molar-refractivity contribution in [2.45, 2.75) is 18.6 Å². The van der Waals surface area contributed by atoms with Gasteiger partial charge in [0, 0.05) is 12.8 Å². The van der Waals surface area contributed by atoms with Gasteiger partial charge >= 0.3 is 0 Å². The molecule has 2 aromatic heterocycles. The zero-order valence-electron chi connectivity index (χ0n) is 8.68. The van der Waals surface area contributed by atoms with E-state index in [1.54, 1.807) is 4.68 Å². The maximum atomic E-state index is 11.3. The van der Waals surface area contributed by atoms with E-state index in [1.165, 1.54) is 6.20 Å². The molecule has 0 saturated heterocycles. The van der Waals surface area contributed by atoms with E-state index >= 15 is 0 Å². The third kappa shape index (κ3) is 1.76. The van der Waals surface area contributed by atoms with E-state index in [4.69, 9.17) is 11.6 Å². The van der Waals surface area contributed by atoms with Crippen molar-refractivity contribution in [3.05, 3.63) is 11.3 Å². The van der Waals surface area contributed by atoms with Crippen LogP contribution in [0.1, 0.15) is 6.92 Å². The van der Waals surface area contributed by atoms with Gasteiger partial charge in [0.2, 0.25) is 15.0 Å². The fourth-order valence-corrected chi connectivity index (χ4v) is 2.07. The highest BCUT2D eigenvalue weighted by Gasteiger charge is 2.17. The Kier molecular flexibility index (Phi) is 2.59. The van der Waals surface area contributed by atoms with Gasteiger partial charge in [-0.25, -0.2) is 18.1 Å². The van der Waals surface area contributed by atoms with Crippen molar-refractivity contribution in [2.24, 2.45) is 0 Å². The van der Waals surface area contributed by atoms with Crippen LogP contribution in [0.2, 0.25) is 5.15 Å². The molecule has 6 nitrogen and oxygen atoms in total. The summed E-state index contributed by atoms with van der Waals surface area (Å²) < 4.78 is 24.2. The maximum absolute atomic E-state index is 11.3. The quantitative estimate of drug-likeness (QED) is 0.592. The second-order valence-electron chi connectivity index (χ2n) is 3.27. The Balaban J connectivity index is 2.83. The molecular formula is C8H9ClN4O2S. The number of halogens is 1. The third-order valence-corrected chi connectivity index (χ3v) is 3.19. The number of sulfone groups is 1. The number of nitrogens with zero attached hydrogens (tertiary/aromatic N) is 4. The van der Waals surface area contributed by atoms with E-state index in [9.17, 15) is 8.42 Å². The van der Waals surface area contributed by atoms with Crippen molar-refractivity contribution < 1.29 is 8.42 Å². The monoisotopic (exact) mass is 260 g/mol. The lowest BCUT2D eigenvalue weighted by atomic mass is 10.4. The first-order valence-corrected chi connectivity index (χ1v) is 6.79. The highest BCUT2D eigenvalue weighted by molar-refractivity contribution is 7.90. The summed E-state index contributed by atoms with van der Waals surface area (Å²) in [6, 6.07) is 0. The Morgan fingerprint density at radius 3 is 2.69 bits per heavy atom. The molecule has 8 heteroatoms. The molecule has 86 valence electrons. The minimum absolute atomic E-state index is 0.102. The van der Waals surface area contributed by atoms with E-state index in [1.807, 2.05) is 6.92 Å². The number of fused-ring (bicyclic) bond motifs is 1. The van der Waals surface area contributed by atoms with Crippen LogP contribution in [0.5, 0.6) is 0 Å². The fraction of sp³-hybridized carbons (Fsp3) is 0.375. The van der Waals surface area contributed by atoms with Crippen molar-refractivity contribution >= 4 is 32.5 Å². The molecule has 0 aliphatic rings. The van der Waals surface area contributed by atoms with Gasteiger partial charge in [-0.2, -0.15) is 10.1 Å². The molecule has 0 N–H and O–H groups in total. The number of aromatic nitrogens is 4. The van der Waals surface area contributed by atoms with Crippen LogP contribution in [0.4, 0.5) is 0 Å². The molecule has 0 radical (unpaired) electrons. The number of hydrogen-bond donors (Lipinski definition) is 0. The predicted octanol–water partition coefficient (Wildman–Crippen LogP) is 0.903. The first-order chi connectivity index (χ1) is 7.43. The molecule has 16 heavy (non-hydrogen) atoms. The topological polar surface area (TPSA) is 77.7 Å². The molecule has 2 aromatic rings. The van der Waals surface area contributed by atoms with Gasteiger partial charge in [-0.05, 0) is 6.92 Å². The van der Waals surface area contributed by atoms with Gasteiger partial charge in [0.1, 0.15) is 5.15 Å². The Morgan fingerprint density at radius 1 is 1.44 bits per heavy atom. The summed E-state index contributed by atoms with van der Waals surface area (Å²) in [4.78, 5) is 7.69. The summed E-state index contributed by atoms with van der Waals surface area (Å²) in [5.41, 5.74) is 0.433. The lowest BCUT2D eigenvalue weighted by molar-refractivity contribution is 0.592. The minimum atomic E-state index is -3.47. The van der Waals surface area contributed by atoms with Gasteiger partial charge in [-0.1, -0.05) is 11.6 Å². The molecule has 0 aromatic carbocycles. The van der Waals surface area contributed by atoms with Crippen molar-refractivity contribution in [3.8, 4) is 0 Å². The first kappa shape index (κ1) is 11.3. The van der Waals surface area contributed by atoms with Gasteiger partial charge in [0.05, 0.1) is 11.6 Å². The average Bonchev–Trinajstić information content (AvgIpc) is 2.59. The van der Waals surface area contributed by atoms with Crippen LogP contribution < -0.4 is 0 Å². The summed E-state index contributed by atoms with van der Waals surface area (Å²) in [7, 11) is -3.47. The summed E-state index contributed by atoms with van der Waals surface area (Å²) in [5, 5.41) is 4.41. The molecule has 0 bridgehead atoms. The molecule has 2 rings (SSSR count). The second kappa shape index (κ2) is 3.67. The lowest BCUT2D eigenvalue weighted by Crippen LogP contribution is -2.06. The molecule has 0 unspecified atom stereocenters. The standard InChI is InChI=1S/C8H9ClN4O2S/c1-3-13-7-5(4-10-13)6(9)11-8(12-7)16(2,14)15/h4H,3H2,1-2H3. The Labute approximate surface area is 97.2 Å². The number of aryl methyl sites for hydroxylation is 1. The fourth-order valence-electron chi connectivity index (χ4n) is 1.30. The van der Waals surface area contributed by atoms with Gasteiger partial charge in [0.15, 0.2) is 5.65 Å². The molecule has 0 spiro atoms. The van der Waals surface area contributed by atoms with Crippen LogP contribution in [0, 0.1) is 0 Å². The summed E-state index contributed by atoms with van der Waals surface area (Å²) >= 11 is 5.87. The summed E-state index contributed by atoms with van der Waals surface area (Å²) in [6.07, 6.45) is 2.56. The molecule has 0 atom stereocenters. The van der Waals surface area contributed by atoms with Crippen LogP contribution in [0.15, 0.2) is 11.4 Å². The molecular weight excluding hydrogens is 252 g/mol. The van der Waals surface area contributed by atoms with Gasteiger partial charge in [-0.15, -0.1) is 0 Å². The highest BCUT2D eigenvalue weighted by atomic mass is 35.5. The first-order valence-electron chi connectivity index (χ1n) is 4.52. The third-order valence-electron chi connectivity index (χ3n) is 2.06. The van der Waals surface area contributed by atoms with Crippen molar-refractivity contribution in [1.82, 2.24) is 19.7 Å². The predicted molar refractivity (Wildman–Crippen MR) is 59.1 cm³/mol. The number of hydrogen-bond acceptors (Lipinski definition) is 5. The molecule has 0 aliphatic heterocycles. The molecule has 0 amide bonds. The summed E-state index contributed by atoms with van der Waals surface area (Å²) in [5.74, 6) is 0. The van der Waals surface area contributed by atoms with E-state index in [0.717, 1.165) is 6.26 Å². The number of rotatable bonds is 2. The van der Waals surface area contributed by atoms with E-state index in [2.05, 4.69) is 15.1 Å². The molecule has 0 aliphatic carbocycles. The zero-order chi connectivity index (χ0) is 11.9. The van der Waals surface area contributed by atoms with Gasteiger partial charge < -0.3 is 0 Å². The van der Waals surface area contributed by atoms with Gasteiger partial charge in [0.25, 0.3) is 0 Å². The Morgan fingerprint density at radius 2 is 2.12 bits per heavy atom. The van der Waals surface area contributed by atoms with Crippen LogP contribution >= 0.6 is 11.6 Å². The normalized spacial score (nSPS) is 12.2. The smallest absolute Gasteiger partial charge is 0.247 e. The van der Waals surface area contributed by atoms with Crippen molar-refractivity contribution in [2.75, 3.05) is 6.26 Å². The second-order valence-corrected chi connectivity index (χ2v) is 5.53. The van der Waals surface area contributed by atoms with E-state index < -0.39 is 9.84 Å². The molecule has 0 fully saturated rings. The highest BCUT2D eigenvalue weighted by Crippen LogP contribution is 2.21. The molecule has 2 heterocycles. The van der Waals surface area contributed by atoms with Crippen LogP contribution in [0.25, 0.3) is 11.0 Å². The molecule has 0 saturated carbocycles. The Bertz CT molecular complexity index is 649. The summed E-state index contributed by atoms with van der Waals surface area (Å²) in [6.45, 7) is 2.46. The Hall–Kier alpha value is -1.21. The van der Waals surface area contributed by atoms with Crippen LogP contribution in [-0.4, -0.2) is 34.4 Å². The van der Waals surface area contributed by atoms with Crippen LogP contribution in [0.3, 0.4) is 0 Å². The van der Waals surface area contributed by atoms with Crippen molar-refractivity contribution in [1.29, 1.82) is 0 Å². The maximum Gasteiger partial charge on any atom is 0.250 e. The average molecular weight is 261 g/mol. The zero-order valence-corrected chi connectivity index (χ0v) is 10.2. The van der Waals surface area contributed by atoms with E-state index in [0.29, 0.717) is 17.6 Å². The van der Waals surface area contributed by atoms with Crippen molar-refractivity contribution in [3.63, 3.8) is 0 Å². The lowest BCUT2D eigenvalue weighted by Gasteiger charge is -2.01. The minimum Gasteiger partial charge on any atom is -0.247 e. The SMILES string of the molecule is CCn1ncc2c(Cl)nc(S(C)(=O)=O)nc21.